The van der Waals surface area contributed by atoms with Gasteiger partial charge in [0, 0.05) is 31.1 Å². The highest BCUT2D eigenvalue weighted by Crippen LogP contribution is 2.33. The summed E-state index contributed by atoms with van der Waals surface area (Å²) in [6.07, 6.45) is 0. The molecule has 0 amide bonds. The van der Waals surface area contributed by atoms with Crippen LogP contribution in [0.3, 0.4) is 0 Å². The lowest BCUT2D eigenvalue weighted by atomic mass is 10.2. The normalized spacial score (nSPS) is 11.7. The molecule has 0 atom stereocenters. The van der Waals surface area contributed by atoms with Crippen molar-refractivity contribution in [3.63, 3.8) is 0 Å². The number of nitrogens with one attached hydrogen (secondary N) is 2. The van der Waals surface area contributed by atoms with E-state index in [1.807, 2.05) is 0 Å². The molecule has 0 aliphatic carbocycles. The third-order valence-corrected chi connectivity index (χ3v) is 3.44. The molecule has 0 saturated heterocycles. The number of rotatable bonds is 6. The molecule has 0 fully saturated rings. The summed E-state index contributed by atoms with van der Waals surface area (Å²) in [5.74, 6) is 1.15. The van der Waals surface area contributed by atoms with Crippen LogP contribution in [0.1, 0.15) is 17.3 Å². The van der Waals surface area contributed by atoms with E-state index in [0.717, 1.165) is 0 Å². The van der Waals surface area contributed by atoms with Crippen LogP contribution in [0.5, 0.6) is 5.75 Å². The Bertz CT molecular complexity index is 755. The average molecular weight is 394 g/mol. The maximum Gasteiger partial charge on any atom is 0.387 e. The molecule has 25 heavy (non-hydrogen) atoms. The van der Waals surface area contributed by atoms with Gasteiger partial charge in [-0.05, 0) is 12.1 Å². The summed E-state index contributed by atoms with van der Waals surface area (Å²) in [5, 5.41) is 9.93. The van der Waals surface area contributed by atoms with Crippen LogP contribution in [-0.2, 0) is 13.1 Å². The first-order chi connectivity index (χ1) is 11.9. The minimum Gasteiger partial charge on any atom is -0.433 e. The van der Waals surface area contributed by atoms with E-state index < -0.39 is 6.61 Å². The van der Waals surface area contributed by atoms with Crippen LogP contribution >= 0.6 is 23.2 Å². The second-order valence-electron chi connectivity index (χ2n) is 4.76. The van der Waals surface area contributed by atoms with Crippen LogP contribution in [0.4, 0.5) is 8.78 Å². The molecular formula is C14H15Cl2F2N5O2. The molecule has 0 aliphatic heterocycles. The number of halogens is 4. The number of aliphatic imine (C=N–C) groups is 1. The number of aromatic nitrogens is 2. The highest BCUT2D eigenvalue weighted by Gasteiger charge is 2.15. The Hall–Kier alpha value is -2.13. The fourth-order valence-electron chi connectivity index (χ4n) is 1.94. The van der Waals surface area contributed by atoms with E-state index in [-0.39, 0.29) is 23.9 Å². The molecule has 0 radical (unpaired) electrons. The molecule has 136 valence electrons. The second-order valence-corrected chi connectivity index (χ2v) is 5.61. The van der Waals surface area contributed by atoms with Crippen LogP contribution in [-0.4, -0.2) is 29.8 Å². The number of guanidine groups is 1. The molecular weight excluding hydrogens is 379 g/mol. The fourth-order valence-corrected chi connectivity index (χ4v) is 2.52. The van der Waals surface area contributed by atoms with Crippen molar-refractivity contribution in [2.75, 3.05) is 7.05 Å². The van der Waals surface area contributed by atoms with E-state index in [9.17, 15) is 8.78 Å². The number of ether oxygens (including phenoxy) is 1. The summed E-state index contributed by atoms with van der Waals surface area (Å²) in [6.45, 7) is -0.950. The van der Waals surface area contributed by atoms with E-state index in [1.54, 1.807) is 14.0 Å². The Balaban J connectivity index is 2.03. The zero-order valence-electron chi connectivity index (χ0n) is 13.3. The molecule has 1 heterocycles. The molecule has 11 heteroatoms. The third kappa shape index (κ3) is 5.71. The summed E-state index contributed by atoms with van der Waals surface area (Å²) in [7, 11) is 1.55. The molecule has 0 bridgehead atoms. The first-order valence-corrected chi connectivity index (χ1v) is 7.81. The molecule has 7 nitrogen and oxygen atoms in total. The van der Waals surface area contributed by atoms with Crippen LogP contribution in [0.2, 0.25) is 10.0 Å². The summed E-state index contributed by atoms with van der Waals surface area (Å²) >= 11 is 11.9. The van der Waals surface area contributed by atoms with Gasteiger partial charge in [0.15, 0.2) is 11.8 Å². The SMILES string of the molecule is CN=C(NCc1noc(C)n1)NCc1cc(Cl)cc(Cl)c1OC(F)F. The Morgan fingerprint density at radius 2 is 2.04 bits per heavy atom. The molecule has 0 unspecified atom stereocenters. The maximum atomic E-state index is 12.6. The van der Waals surface area contributed by atoms with Gasteiger partial charge in [-0.3, -0.25) is 4.99 Å². The molecule has 0 saturated carbocycles. The lowest BCUT2D eigenvalue weighted by Gasteiger charge is -2.15. The van der Waals surface area contributed by atoms with Gasteiger partial charge in [0.1, 0.15) is 5.75 Å². The van der Waals surface area contributed by atoms with Gasteiger partial charge in [-0.15, -0.1) is 0 Å². The van der Waals surface area contributed by atoms with Crippen molar-refractivity contribution in [2.45, 2.75) is 26.6 Å². The highest BCUT2D eigenvalue weighted by molar-refractivity contribution is 6.35. The molecule has 2 N–H and O–H groups in total. The fraction of sp³-hybridized carbons (Fsp3) is 0.357. The van der Waals surface area contributed by atoms with Crippen molar-refractivity contribution >= 4 is 29.2 Å². The molecule has 2 rings (SSSR count). The number of aryl methyl sites for hydroxylation is 1. The lowest BCUT2D eigenvalue weighted by molar-refractivity contribution is -0.0504. The monoisotopic (exact) mass is 393 g/mol. The number of hydrogen-bond acceptors (Lipinski definition) is 5. The predicted molar refractivity (Wildman–Crippen MR) is 89.2 cm³/mol. The third-order valence-electron chi connectivity index (χ3n) is 2.95. The van der Waals surface area contributed by atoms with Crippen molar-refractivity contribution in [3.8, 4) is 5.75 Å². The van der Waals surface area contributed by atoms with Crippen molar-refractivity contribution in [1.82, 2.24) is 20.8 Å². The summed E-state index contributed by atoms with van der Waals surface area (Å²) in [4.78, 5) is 8.06. The Morgan fingerprint density at radius 3 is 2.64 bits per heavy atom. The van der Waals surface area contributed by atoms with Crippen LogP contribution in [0, 0.1) is 6.92 Å². The summed E-state index contributed by atoms with van der Waals surface area (Å²) in [6, 6.07) is 2.81. The zero-order chi connectivity index (χ0) is 18.4. The van der Waals surface area contributed by atoms with Gasteiger partial charge in [-0.25, -0.2) is 0 Å². The van der Waals surface area contributed by atoms with E-state index in [0.29, 0.717) is 28.3 Å². The van der Waals surface area contributed by atoms with E-state index in [1.165, 1.54) is 12.1 Å². The quantitative estimate of drug-likeness (QED) is 0.579. The Labute approximate surface area is 152 Å². The summed E-state index contributed by atoms with van der Waals surface area (Å²) < 4.78 is 34.5. The maximum absolute atomic E-state index is 12.6. The summed E-state index contributed by atoms with van der Waals surface area (Å²) in [5.41, 5.74) is 0.358. The first kappa shape index (κ1) is 19.2. The van der Waals surface area contributed by atoms with E-state index in [2.05, 4.69) is 30.5 Å². The molecule has 1 aromatic carbocycles. The smallest absolute Gasteiger partial charge is 0.387 e. The number of nitrogens with zero attached hydrogens (tertiary/aromatic N) is 3. The van der Waals surface area contributed by atoms with Crippen molar-refractivity contribution in [2.24, 2.45) is 4.99 Å². The highest BCUT2D eigenvalue weighted by atomic mass is 35.5. The van der Waals surface area contributed by atoms with Gasteiger partial charge >= 0.3 is 6.61 Å². The molecule has 2 aromatic rings. The Kier molecular flexibility index (Phi) is 6.77. The standard InChI is InChI=1S/C14H15Cl2F2N5O2/c1-7-22-11(23-25-7)6-21-14(19-2)20-5-8-3-9(15)4-10(16)12(8)24-13(17)18/h3-4,13H,5-6H2,1-2H3,(H2,19,20,21). The van der Waals surface area contributed by atoms with Crippen molar-refractivity contribution in [3.05, 3.63) is 39.5 Å². The van der Waals surface area contributed by atoms with Crippen molar-refractivity contribution in [1.29, 1.82) is 0 Å². The van der Waals surface area contributed by atoms with E-state index in [4.69, 9.17) is 27.7 Å². The Morgan fingerprint density at radius 1 is 1.32 bits per heavy atom. The van der Waals surface area contributed by atoms with Crippen LogP contribution in [0.25, 0.3) is 0 Å². The van der Waals surface area contributed by atoms with Crippen molar-refractivity contribution < 1.29 is 18.0 Å². The topological polar surface area (TPSA) is 84.6 Å². The molecule has 1 aromatic heterocycles. The number of alkyl halides is 2. The predicted octanol–water partition coefficient (Wildman–Crippen LogP) is 3.15. The average Bonchev–Trinajstić information content (AvgIpc) is 2.95. The van der Waals surface area contributed by atoms with Gasteiger partial charge in [0.2, 0.25) is 5.89 Å². The van der Waals surface area contributed by atoms with Gasteiger partial charge in [0.25, 0.3) is 0 Å². The minimum absolute atomic E-state index is 0.00480. The molecule has 0 aliphatic rings. The largest absolute Gasteiger partial charge is 0.433 e. The van der Waals surface area contributed by atoms with E-state index >= 15 is 0 Å². The number of hydrogen-bond donors (Lipinski definition) is 2. The van der Waals surface area contributed by atoms with Gasteiger partial charge in [0.05, 0.1) is 11.6 Å². The minimum atomic E-state index is -3.00. The molecule has 0 spiro atoms. The lowest BCUT2D eigenvalue weighted by Crippen LogP contribution is -2.36. The van der Waals surface area contributed by atoms with Gasteiger partial charge in [-0.2, -0.15) is 13.8 Å². The van der Waals surface area contributed by atoms with Crippen LogP contribution < -0.4 is 15.4 Å². The van der Waals surface area contributed by atoms with Gasteiger partial charge < -0.3 is 19.9 Å². The van der Waals surface area contributed by atoms with Crippen LogP contribution in [0.15, 0.2) is 21.6 Å². The first-order valence-electron chi connectivity index (χ1n) is 7.05. The zero-order valence-corrected chi connectivity index (χ0v) is 14.8. The van der Waals surface area contributed by atoms with Gasteiger partial charge in [-0.1, -0.05) is 28.4 Å². The number of benzene rings is 1. The second kappa shape index (κ2) is 8.82.